The van der Waals surface area contributed by atoms with E-state index in [0.29, 0.717) is 24.7 Å². The molecule has 0 aliphatic rings. The fourth-order valence-electron chi connectivity index (χ4n) is 1.57. The Labute approximate surface area is 119 Å². The van der Waals surface area contributed by atoms with Gasteiger partial charge in [0.1, 0.15) is 6.26 Å². The van der Waals surface area contributed by atoms with Crippen molar-refractivity contribution in [2.45, 2.75) is 13.1 Å². The Morgan fingerprint density at radius 2 is 2.26 bits per heavy atom. The van der Waals surface area contributed by atoms with Crippen LogP contribution in [0.5, 0.6) is 0 Å². The molecule has 5 nitrogen and oxygen atoms in total. The van der Waals surface area contributed by atoms with Crippen LogP contribution in [0.4, 0.5) is 0 Å². The molecule has 0 atom stereocenters. The molecule has 1 heterocycles. The number of hydrogen-bond acceptors (Lipinski definition) is 4. The van der Waals surface area contributed by atoms with Crippen molar-refractivity contribution in [2.24, 2.45) is 0 Å². The topological polar surface area (TPSA) is 67.2 Å². The molecule has 0 fully saturated rings. The maximum Gasteiger partial charge on any atom is 0.273 e. The first-order chi connectivity index (χ1) is 9.19. The van der Waals surface area contributed by atoms with Gasteiger partial charge in [-0.3, -0.25) is 4.79 Å². The monoisotopic (exact) mass is 323 g/mol. The van der Waals surface area contributed by atoms with Gasteiger partial charge in [0, 0.05) is 11.0 Å². The number of rotatable bonds is 5. The molecule has 1 amide bonds. The number of halogens is 1. The van der Waals surface area contributed by atoms with Crippen LogP contribution >= 0.6 is 15.9 Å². The van der Waals surface area contributed by atoms with E-state index in [9.17, 15) is 4.79 Å². The molecule has 0 saturated heterocycles. The SMILES string of the molecule is CNCc1nc(C(=O)NCc2cccc(Br)c2)co1. The lowest BCUT2D eigenvalue weighted by atomic mass is 10.2. The van der Waals surface area contributed by atoms with Crippen molar-refractivity contribution >= 4 is 21.8 Å². The van der Waals surface area contributed by atoms with Crippen LogP contribution in [-0.2, 0) is 13.1 Å². The molecule has 0 unspecified atom stereocenters. The number of amides is 1. The van der Waals surface area contributed by atoms with Gasteiger partial charge in [-0.1, -0.05) is 28.1 Å². The number of carbonyl (C=O) groups is 1. The van der Waals surface area contributed by atoms with Crippen molar-refractivity contribution in [1.82, 2.24) is 15.6 Å². The highest BCUT2D eigenvalue weighted by atomic mass is 79.9. The van der Waals surface area contributed by atoms with Crippen molar-refractivity contribution in [2.75, 3.05) is 7.05 Å². The van der Waals surface area contributed by atoms with Crippen molar-refractivity contribution in [3.05, 3.63) is 52.1 Å². The minimum atomic E-state index is -0.244. The Balaban J connectivity index is 1.93. The largest absolute Gasteiger partial charge is 0.447 e. The number of hydrogen-bond donors (Lipinski definition) is 2. The highest BCUT2D eigenvalue weighted by Crippen LogP contribution is 2.11. The van der Waals surface area contributed by atoms with Gasteiger partial charge < -0.3 is 15.1 Å². The van der Waals surface area contributed by atoms with E-state index in [-0.39, 0.29) is 5.91 Å². The van der Waals surface area contributed by atoms with E-state index in [1.807, 2.05) is 24.3 Å². The maximum atomic E-state index is 11.9. The number of carbonyl (C=O) groups excluding carboxylic acids is 1. The molecule has 0 aliphatic carbocycles. The Bertz CT molecular complexity index is 569. The zero-order valence-electron chi connectivity index (χ0n) is 10.4. The molecule has 100 valence electrons. The first kappa shape index (κ1) is 13.8. The quantitative estimate of drug-likeness (QED) is 0.884. The second-order valence-corrected chi connectivity index (χ2v) is 4.89. The minimum Gasteiger partial charge on any atom is -0.447 e. The van der Waals surface area contributed by atoms with E-state index >= 15 is 0 Å². The summed E-state index contributed by atoms with van der Waals surface area (Å²) < 4.78 is 6.14. The predicted octanol–water partition coefficient (Wildman–Crippen LogP) is 2.09. The third-order valence-corrected chi connectivity index (χ3v) is 2.95. The lowest BCUT2D eigenvalue weighted by Gasteiger charge is -2.03. The highest BCUT2D eigenvalue weighted by molar-refractivity contribution is 9.10. The molecule has 2 rings (SSSR count). The van der Waals surface area contributed by atoms with Crippen LogP contribution < -0.4 is 10.6 Å². The minimum absolute atomic E-state index is 0.244. The predicted molar refractivity (Wildman–Crippen MR) is 74.6 cm³/mol. The van der Waals surface area contributed by atoms with Gasteiger partial charge in [-0.25, -0.2) is 4.98 Å². The number of aromatic nitrogens is 1. The first-order valence-corrected chi connectivity index (χ1v) is 6.60. The second kappa shape index (κ2) is 6.49. The number of nitrogens with one attached hydrogen (secondary N) is 2. The molecule has 0 saturated carbocycles. The van der Waals surface area contributed by atoms with Crippen LogP contribution in [0.1, 0.15) is 21.9 Å². The summed E-state index contributed by atoms with van der Waals surface area (Å²) in [5, 5.41) is 5.70. The molecule has 0 bridgehead atoms. The summed E-state index contributed by atoms with van der Waals surface area (Å²) in [6.07, 6.45) is 1.36. The third-order valence-electron chi connectivity index (χ3n) is 2.45. The highest BCUT2D eigenvalue weighted by Gasteiger charge is 2.11. The average molecular weight is 324 g/mol. The van der Waals surface area contributed by atoms with Crippen molar-refractivity contribution in [3.8, 4) is 0 Å². The Hall–Kier alpha value is -1.66. The van der Waals surface area contributed by atoms with Gasteiger partial charge in [0.25, 0.3) is 5.91 Å². The molecule has 0 radical (unpaired) electrons. The molecule has 2 aromatic rings. The molecule has 0 aliphatic heterocycles. The second-order valence-electron chi connectivity index (χ2n) is 3.97. The van der Waals surface area contributed by atoms with Gasteiger partial charge >= 0.3 is 0 Å². The van der Waals surface area contributed by atoms with Gasteiger partial charge in [0.05, 0.1) is 6.54 Å². The summed E-state index contributed by atoms with van der Waals surface area (Å²) in [7, 11) is 1.79. The fraction of sp³-hybridized carbons (Fsp3) is 0.231. The first-order valence-electron chi connectivity index (χ1n) is 5.80. The zero-order valence-corrected chi connectivity index (χ0v) is 12.0. The van der Waals surface area contributed by atoms with Crippen LogP contribution in [0.15, 0.2) is 39.4 Å². The smallest absolute Gasteiger partial charge is 0.273 e. The Morgan fingerprint density at radius 3 is 3.00 bits per heavy atom. The molecule has 19 heavy (non-hydrogen) atoms. The molecule has 1 aromatic heterocycles. The standard InChI is InChI=1S/C13H14BrN3O2/c1-15-7-12-17-11(8-19-12)13(18)16-6-9-3-2-4-10(14)5-9/h2-5,8,15H,6-7H2,1H3,(H,16,18). The van der Waals surface area contributed by atoms with Gasteiger partial charge in [0.2, 0.25) is 5.89 Å². The summed E-state index contributed by atoms with van der Waals surface area (Å²) in [5.41, 5.74) is 1.31. The van der Waals surface area contributed by atoms with Crippen LogP contribution in [0.3, 0.4) is 0 Å². The van der Waals surface area contributed by atoms with Crippen molar-refractivity contribution in [3.63, 3.8) is 0 Å². The lowest BCUT2D eigenvalue weighted by molar-refractivity contribution is 0.0946. The van der Waals surface area contributed by atoms with Gasteiger partial charge in [-0.05, 0) is 24.7 Å². The van der Waals surface area contributed by atoms with Crippen LogP contribution in [-0.4, -0.2) is 17.9 Å². The third kappa shape index (κ3) is 3.90. The number of nitrogens with zero attached hydrogens (tertiary/aromatic N) is 1. The van der Waals surface area contributed by atoms with Gasteiger partial charge in [0.15, 0.2) is 5.69 Å². The summed E-state index contributed by atoms with van der Waals surface area (Å²) in [4.78, 5) is 15.9. The molecule has 0 spiro atoms. The van der Waals surface area contributed by atoms with E-state index in [1.54, 1.807) is 7.05 Å². The van der Waals surface area contributed by atoms with E-state index in [4.69, 9.17) is 4.42 Å². The van der Waals surface area contributed by atoms with Crippen molar-refractivity contribution in [1.29, 1.82) is 0 Å². The Kier molecular flexibility index (Phi) is 4.70. The summed E-state index contributed by atoms with van der Waals surface area (Å²) >= 11 is 3.39. The van der Waals surface area contributed by atoms with Crippen LogP contribution in [0, 0.1) is 0 Å². The van der Waals surface area contributed by atoms with Gasteiger partial charge in [-0.2, -0.15) is 0 Å². The number of oxazole rings is 1. The normalized spacial score (nSPS) is 10.4. The molecule has 1 aromatic carbocycles. The Morgan fingerprint density at radius 1 is 1.42 bits per heavy atom. The fourth-order valence-corrected chi connectivity index (χ4v) is 2.01. The van der Waals surface area contributed by atoms with E-state index < -0.39 is 0 Å². The molecular weight excluding hydrogens is 310 g/mol. The summed E-state index contributed by atoms with van der Waals surface area (Å²) in [5.74, 6) is 0.251. The summed E-state index contributed by atoms with van der Waals surface area (Å²) in [6, 6.07) is 7.76. The lowest BCUT2D eigenvalue weighted by Crippen LogP contribution is -2.23. The summed E-state index contributed by atoms with van der Waals surface area (Å²) in [6.45, 7) is 0.950. The van der Waals surface area contributed by atoms with E-state index in [2.05, 4.69) is 31.5 Å². The van der Waals surface area contributed by atoms with Crippen LogP contribution in [0.25, 0.3) is 0 Å². The van der Waals surface area contributed by atoms with Crippen molar-refractivity contribution < 1.29 is 9.21 Å². The number of benzene rings is 1. The molecule has 2 N–H and O–H groups in total. The van der Waals surface area contributed by atoms with E-state index in [1.165, 1.54) is 6.26 Å². The maximum absolute atomic E-state index is 11.9. The van der Waals surface area contributed by atoms with Gasteiger partial charge in [-0.15, -0.1) is 0 Å². The van der Waals surface area contributed by atoms with Crippen LogP contribution in [0.2, 0.25) is 0 Å². The average Bonchev–Trinajstić information content (AvgIpc) is 2.85. The zero-order chi connectivity index (χ0) is 13.7. The molecular formula is C13H14BrN3O2. The van der Waals surface area contributed by atoms with E-state index in [0.717, 1.165) is 10.0 Å². The molecule has 6 heteroatoms.